The van der Waals surface area contributed by atoms with Crippen molar-refractivity contribution in [2.24, 2.45) is 0 Å². The molecular weight excluding hydrogens is 315 g/mol. The van der Waals surface area contributed by atoms with Gasteiger partial charge in [-0.3, -0.25) is 4.90 Å². The Hall–Kier alpha value is -3.03. The zero-order valence-corrected chi connectivity index (χ0v) is 13.6. The maximum atomic E-state index is 14.3. The largest absolute Gasteiger partial charge is 0.465 e. The Bertz CT molecular complexity index is 754. The summed E-state index contributed by atoms with van der Waals surface area (Å²) in [5.74, 6) is -0.267. The quantitative estimate of drug-likeness (QED) is 0.792. The fourth-order valence-electron chi connectivity index (χ4n) is 2.23. The highest BCUT2D eigenvalue weighted by Gasteiger charge is 2.28. The van der Waals surface area contributed by atoms with Gasteiger partial charge in [0, 0.05) is 23.7 Å². The van der Waals surface area contributed by atoms with Crippen molar-refractivity contribution in [3.63, 3.8) is 0 Å². The minimum Gasteiger partial charge on any atom is -0.465 e. The van der Waals surface area contributed by atoms with Gasteiger partial charge in [0.25, 0.3) is 0 Å². The molecule has 0 aliphatic rings. The summed E-state index contributed by atoms with van der Waals surface area (Å²) in [7, 11) is 0. The highest BCUT2D eigenvalue weighted by Crippen LogP contribution is 2.31. The predicted octanol–water partition coefficient (Wildman–Crippen LogP) is 3.46. The summed E-state index contributed by atoms with van der Waals surface area (Å²) in [6, 6.07) is 6.72. The van der Waals surface area contributed by atoms with Gasteiger partial charge >= 0.3 is 6.09 Å². The minimum atomic E-state index is -1.18. The van der Waals surface area contributed by atoms with Crippen molar-refractivity contribution < 1.29 is 19.0 Å². The van der Waals surface area contributed by atoms with Crippen LogP contribution in [-0.4, -0.2) is 21.7 Å². The smallest absolute Gasteiger partial charge is 0.412 e. The van der Waals surface area contributed by atoms with Crippen molar-refractivity contribution in [3.8, 4) is 11.5 Å². The molecule has 128 valence electrons. The number of hydrogen-bond acceptors (Lipinski definition) is 5. The summed E-state index contributed by atoms with van der Waals surface area (Å²) in [4.78, 5) is 16.3. The number of carbonyl (C=O) groups is 1. The van der Waals surface area contributed by atoms with Crippen LogP contribution in [0.4, 0.5) is 26.5 Å². The van der Waals surface area contributed by atoms with Crippen LogP contribution in [0.2, 0.25) is 0 Å². The number of pyridine rings is 1. The third-order valence-electron chi connectivity index (χ3n) is 3.10. The van der Waals surface area contributed by atoms with Crippen molar-refractivity contribution in [1.29, 1.82) is 0 Å². The van der Waals surface area contributed by atoms with E-state index in [0.29, 0.717) is 0 Å². The van der Waals surface area contributed by atoms with Crippen LogP contribution < -0.4 is 21.1 Å². The number of nitrogens with two attached hydrogens (primary N) is 2. The van der Waals surface area contributed by atoms with E-state index in [1.807, 2.05) is 0 Å². The van der Waals surface area contributed by atoms with Crippen LogP contribution in [0.25, 0.3) is 0 Å². The molecule has 0 aliphatic carbocycles. The Labute approximate surface area is 138 Å². The van der Waals surface area contributed by atoms with Crippen molar-refractivity contribution in [3.05, 3.63) is 36.1 Å². The second kappa shape index (κ2) is 6.23. The minimum absolute atomic E-state index is 0.0806. The Morgan fingerprint density at radius 1 is 1.21 bits per heavy atom. The zero-order valence-electron chi connectivity index (χ0n) is 13.6. The Morgan fingerprint density at radius 3 is 2.25 bits per heavy atom. The summed E-state index contributed by atoms with van der Waals surface area (Å²) < 4.78 is 19.7. The molecular formula is C16H19FN4O3. The van der Waals surface area contributed by atoms with Crippen LogP contribution in [0.5, 0.6) is 11.5 Å². The number of halogens is 1. The molecule has 0 saturated heterocycles. The number of benzene rings is 1. The fraction of sp³-hybridized carbons (Fsp3) is 0.250. The molecule has 7 nitrogen and oxygen atoms in total. The summed E-state index contributed by atoms with van der Waals surface area (Å²) in [6.45, 7) is 5.14. The van der Waals surface area contributed by atoms with E-state index in [1.54, 1.807) is 20.8 Å². The molecule has 0 spiro atoms. The number of nitrogens with zero attached hydrogens (tertiary/aromatic N) is 2. The maximum Gasteiger partial charge on any atom is 0.412 e. The monoisotopic (exact) mass is 334 g/mol. The van der Waals surface area contributed by atoms with Gasteiger partial charge in [0.2, 0.25) is 0 Å². The molecule has 5 N–H and O–H groups in total. The number of ether oxygens (including phenoxy) is 1. The molecule has 1 amide bonds. The summed E-state index contributed by atoms with van der Waals surface area (Å²) >= 11 is 0. The summed E-state index contributed by atoms with van der Waals surface area (Å²) in [5.41, 5.74) is 10.6. The van der Waals surface area contributed by atoms with Gasteiger partial charge in [-0.2, -0.15) is 0 Å². The Morgan fingerprint density at radius 2 is 1.79 bits per heavy atom. The summed E-state index contributed by atoms with van der Waals surface area (Å²) in [6.07, 6.45) is -1.18. The number of rotatable bonds is 3. The van der Waals surface area contributed by atoms with Crippen LogP contribution in [0.15, 0.2) is 30.3 Å². The van der Waals surface area contributed by atoms with Crippen molar-refractivity contribution in [2.45, 2.75) is 26.3 Å². The number of carboxylic acid groups (broad SMARTS) is 1. The molecule has 0 unspecified atom stereocenters. The van der Waals surface area contributed by atoms with Crippen molar-refractivity contribution >= 4 is 23.4 Å². The third-order valence-corrected chi connectivity index (χ3v) is 3.10. The van der Waals surface area contributed by atoms with E-state index < -0.39 is 17.4 Å². The predicted molar refractivity (Wildman–Crippen MR) is 89.8 cm³/mol. The van der Waals surface area contributed by atoms with Crippen molar-refractivity contribution in [1.82, 2.24) is 4.98 Å². The van der Waals surface area contributed by atoms with Crippen LogP contribution >= 0.6 is 0 Å². The second-order valence-corrected chi connectivity index (χ2v) is 6.16. The van der Waals surface area contributed by atoms with Gasteiger partial charge in [-0.1, -0.05) is 0 Å². The van der Waals surface area contributed by atoms with Crippen LogP contribution in [0.3, 0.4) is 0 Å². The zero-order chi connectivity index (χ0) is 18.1. The van der Waals surface area contributed by atoms with E-state index in [4.69, 9.17) is 16.2 Å². The summed E-state index contributed by atoms with van der Waals surface area (Å²) in [5, 5.41) is 9.36. The molecule has 1 aromatic heterocycles. The van der Waals surface area contributed by atoms with E-state index in [0.717, 1.165) is 11.0 Å². The van der Waals surface area contributed by atoms with E-state index in [-0.39, 0.29) is 28.8 Å². The van der Waals surface area contributed by atoms with Crippen LogP contribution in [-0.2, 0) is 0 Å². The lowest BCUT2D eigenvalue weighted by atomic mass is 10.1. The molecule has 8 heteroatoms. The molecule has 0 aliphatic heterocycles. The van der Waals surface area contributed by atoms with Gasteiger partial charge in [0.15, 0.2) is 11.6 Å². The molecule has 24 heavy (non-hydrogen) atoms. The molecule has 0 atom stereocenters. The molecule has 0 saturated carbocycles. The van der Waals surface area contributed by atoms with Crippen molar-refractivity contribution in [2.75, 3.05) is 16.4 Å². The second-order valence-electron chi connectivity index (χ2n) is 6.16. The number of amides is 1. The molecule has 1 aromatic carbocycles. The van der Waals surface area contributed by atoms with Gasteiger partial charge in [-0.05, 0) is 32.9 Å². The lowest BCUT2D eigenvalue weighted by Crippen LogP contribution is -2.45. The van der Waals surface area contributed by atoms with Gasteiger partial charge in [0.1, 0.15) is 17.4 Å². The first-order valence-electron chi connectivity index (χ1n) is 7.11. The first-order chi connectivity index (χ1) is 11.1. The molecule has 1 heterocycles. The first-order valence-corrected chi connectivity index (χ1v) is 7.11. The van der Waals surface area contributed by atoms with E-state index in [9.17, 15) is 14.3 Å². The molecule has 2 aromatic rings. The van der Waals surface area contributed by atoms with E-state index >= 15 is 0 Å². The Balaban J connectivity index is 2.34. The lowest BCUT2D eigenvalue weighted by Gasteiger charge is -2.33. The molecule has 0 fully saturated rings. The molecule has 0 radical (unpaired) electrons. The third kappa shape index (κ3) is 3.83. The lowest BCUT2D eigenvalue weighted by molar-refractivity contribution is 0.195. The van der Waals surface area contributed by atoms with E-state index in [1.165, 1.54) is 24.3 Å². The highest BCUT2D eigenvalue weighted by atomic mass is 19.1. The first kappa shape index (κ1) is 17.3. The SMILES string of the molecule is CC(C)(C)N(C(=O)O)c1ccc(Oc2cc(N)nc(N)c2)c(F)c1. The molecule has 0 bridgehead atoms. The average molecular weight is 334 g/mol. The van der Waals surface area contributed by atoms with Gasteiger partial charge in [-0.15, -0.1) is 0 Å². The standard InChI is InChI=1S/C16H19FN4O3/c1-16(2,3)21(15(22)23)9-4-5-12(11(17)6-9)24-10-7-13(18)20-14(19)8-10/h4-8H,1-3H3,(H,22,23)(H4,18,19,20). The Kier molecular flexibility index (Phi) is 4.50. The number of nitrogen functional groups attached to an aromatic ring is 2. The van der Waals surface area contributed by atoms with E-state index in [2.05, 4.69) is 4.98 Å². The van der Waals surface area contributed by atoms with Crippen LogP contribution in [0.1, 0.15) is 20.8 Å². The van der Waals surface area contributed by atoms with Gasteiger partial charge < -0.3 is 21.3 Å². The normalized spacial score (nSPS) is 11.2. The van der Waals surface area contributed by atoms with Crippen LogP contribution in [0, 0.1) is 5.82 Å². The number of anilines is 3. The highest BCUT2D eigenvalue weighted by molar-refractivity contribution is 5.87. The topological polar surface area (TPSA) is 115 Å². The number of hydrogen-bond donors (Lipinski definition) is 3. The average Bonchev–Trinajstić information content (AvgIpc) is 2.38. The number of aromatic nitrogens is 1. The fourth-order valence-corrected chi connectivity index (χ4v) is 2.23. The molecule has 2 rings (SSSR count). The van der Waals surface area contributed by atoms with Gasteiger partial charge in [0.05, 0.1) is 5.69 Å². The maximum absolute atomic E-state index is 14.3. The van der Waals surface area contributed by atoms with Gasteiger partial charge in [-0.25, -0.2) is 14.2 Å².